The number of benzene rings is 4. The smallest absolute Gasteiger partial charge is 0.0525 e. The lowest BCUT2D eigenvalue weighted by molar-refractivity contribution is 0.520. The summed E-state index contributed by atoms with van der Waals surface area (Å²) in [4.78, 5) is 0. The molecule has 158 valence electrons. The van der Waals surface area contributed by atoms with Crippen molar-refractivity contribution in [2.45, 2.75) is 45.4 Å². The first kappa shape index (κ1) is 22.6. The number of rotatable bonds is 3. The third kappa shape index (κ3) is 4.08. The second kappa shape index (κ2) is 10.8. The van der Waals surface area contributed by atoms with Gasteiger partial charge in [0.2, 0.25) is 0 Å². The average Bonchev–Trinajstić information content (AvgIpc) is 3.24. The van der Waals surface area contributed by atoms with Gasteiger partial charge in [-0.3, -0.25) is 0 Å². The summed E-state index contributed by atoms with van der Waals surface area (Å²) < 4.78 is 0. The van der Waals surface area contributed by atoms with Gasteiger partial charge in [-0.25, -0.2) is 0 Å². The Bertz CT molecular complexity index is 993. The summed E-state index contributed by atoms with van der Waals surface area (Å²) in [6.07, 6.45) is 1.06. The summed E-state index contributed by atoms with van der Waals surface area (Å²) in [5.74, 6) is 0.376. The van der Waals surface area contributed by atoms with Crippen LogP contribution in [0.2, 0.25) is 0 Å². The fourth-order valence-corrected chi connectivity index (χ4v) is 4.98. The van der Waals surface area contributed by atoms with Crippen LogP contribution >= 0.6 is 0 Å². The highest BCUT2D eigenvalue weighted by atomic mass is 14.5. The highest BCUT2D eigenvalue weighted by Crippen LogP contribution is 2.56. The summed E-state index contributed by atoms with van der Waals surface area (Å²) in [5.41, 5.74) is 6.88. The lowest BCUT2D eigenvalue weighted by Crippen LogP contribution is -2.33. The zero-order chi connectivity index (χ0) is 22.1. The van der Waals surface area contributed by atoms with Crippen LogP contribution in [0.4, 0.5) is 0 Å². The lowest BCUT2D eigenvalue weighted by atomic mass is 9.63. The molecule has 1 aliphatic carbocycles. The Morgan fingerprint density at radius 2 is 0.935 bits per heavy atom. The van der Waals surface area contributed by atoms with Crippen molar-refractivity contribution >= 4 is 0 Å². The Hall–Kier alpha value is -3.12. The first-order chi connectivity index (χ1) is 15.4. The zero-order valence-electron chi connectivity index (χ0n) is 19.3. The molecule has 1 aliphatic rings. The molecule has 0 fully saturated rings. The van der Waals surface area contributed by atoms with E-state index in [0.29, 0.717) is 5.92 Å². The van der Waals surface area contributed by atoms with Crippen molar-refractivity contribution in [3.63, 3.8) is 0 Å². The highest BCUT2D eigenvalue weighted by Gasteiger charge is 2.49. The second-order valence-corrected chi connectivity index (χ2v) is 7.36. The van der Waals surface area contributed by atoms with Crippen LogP contribution in [0.3, 0.4) is 0 Å². The maximum absolute atomic E-state index is 2.33. The van der Waals surface area contributed by atoms with Crippen molar-refractivity contribution in [1.29, 1.82) is 0 Å². The fourth-order valence-electron chi connectivity index (χ4n) is 4.98. The molecule has 0 N–H and O–H groups in total. The van der Waals surface area contributed by atoms with Crippen molar-refractivity contribution in [3.05, 3.63) is 143 Å². The molecule has 5 rings (SSSR count). The summed E-state index contributed by atoms with van der Waals surface area (Å²) in [5, 5.41) is 0. The van der Waals surface area contributed by atoms with Crippen LogP contribution in [0.25, 0.3) is 0 Å². The quantitative estimate of drug-likeness (QED) is 0.320. The largest absolute Gasteiger partial charge is 0.0683 e. The molecule has 4 aromatic rings. The number of hydrogen-bond acceptors (Lipinski definition) is 0. The maximum Gasteiger partial charge on any atom is 0.0525 e. The molecule has 0 bridgehead atoms. The number of hydrogen-bond donors (Lipinski definition) is 0. The van der Waals surface area contributed by atoms with E-state index in [1.165, 1.54) is 27.8 Å². The van der Waals surface area contributed by atoms with Gasteiger partial charge in [0.15, 0.2) is 0 Å². The minimum Gasteiger partial charge on any atom is -0.0683 e. The van der Waals surface area contributed by atoms with Crippen molar-refractivity contribution < 1.29 is 0 Å². The lowest BCUT2D eigenvalue weighted by Gasteiger charge is -2.38. The van der Waals surface area contributed by atoms with Gasteiger partial charge in [-0.15, -0.1) is 0 Å². The molecule has 0 heterocycles. The first-order valence-electron chi connectivity index (χ1n) is 11.6. The summed E-state index contributed by atoms with van der Waals surface area (Å²) in [6.45, 7) is 8.00. The summed E-state index contributed by atoms with van der Waals surface area (Å²) in [7, 11) is 0. The first-order valence-corrected chi connectivity index (χ1v) is 11.6. The molecule has 0 aliphatic heterocycles. The normalized spacial score (nSPS) is 15.5. The van der Waals surface area contributed by atoms with Gasteiger partial charge < -0.3 is 0 Å². The van der Waals surface area contributed by atoms with E-state index in [1.54, 1.807) is 0 Å². The topological polar surface area (TPSA) is 0 Å². The van der Waals surface area contributed by atoms with Crippen LogP contribution in [0.1, 0.15) is 61.4 Å². The zero-order valence-corrected chi connectivity index (χ0v) is 19.3. The molecule has 31 heavy (non-hydrogen) atoms. The van der Waals surface area contributed by atoms with Crippen LogP contribution in [0.5, 0.6) is 0 Å². The van der Waals surface area contributed by atoms with Gasteiger partial charge in [0.25, 0.3) is 0 Å². The minimum atomic E-state index is -0.166. The molecular weight excluding hydrogens is 372 g/mol. The maximum atomic E-state index is 2.33. The number of fused-ring (bicyclic) bond motifs is 1. The van der Waals surface area contributed by atoms with Crippen molar-refractivity contribution in [3.8, 4) is 0 Å². The van der Waals surface area contributed by atoms with Gasteiger partial charge in [0.1, 0.15) is 0 Å². The average molecular weight is 407 g/mol. The molecule has 0 nitrogen and oxygen atoms in total. The van der Waals surface area contributed by atoms with Crippen LogP contribution in [-0.2, 0) is 11.8 Å². The van der Waals surface area contributed by atoms with Gasteiger partial charge in [0, 0.05) is 5.92 Å². The Kier molecular flexibility index (Phi) is 7.84. The molecule has 0 radical (unpaired) electrons. The standard InChI is InChI=1S/C27H22.2C2H6/c1-4-12-21(13-5-1)26-20-22-14-10-11-19-25(22)27(26,23-15-6-2-7-16-23)24-17-8-3-9-18-24;2*1-2/h1-19,26H,20H2;2*1-2H3. The van der Waals surface area contributed by atoms with E-state index < -0.39 is 0 Å². The summed E-state index contributed by atoms with van der Waals surface area (Å²) >= 11 is 0. The fraction of sp³-hybridized carbons (Fsp3) is 0.226. The van der Waals surface area contributed by atoms with Crippen LogP contribution in [0.15, 0.2) is 115 Å². The van der Waals surface area contributed by atoms with E-state index in [1.807, 2.05) is 27.7 Å². The Balaban J connectivity index is 0.000000645. The van der Waals surface area contributed by atoms with Crippen molar-refractivity contribution in [2.75, 3.05) is 0 Å². The predicted octanol–water partition coefficient (Wildman–Crippen LogP) is 8.41. The van der Waals surface area contributed by atoms with E-state index in [-0.39, 0.29) is 5.41 Å². The predicted molar refractivity (Wildman–Crippen MR) is 135 cm³/mol. The van der Waals surface area contributed by atoms with Crippen LogP contribution in [0, 0.1) is 0 Å². The molecule has 0 saturated carbocycles. The van der Waals surface area contributed by atoms with Gasteiger partial charge in [-0.05, 0) is 34.2 Å². The third-order valence-electron chi connectivity index (χ3n) is 6.05. The van der Waals surface area contributed by atoms with Crippen LogP contribution < -0.4 is 0 Å². The van der Waals surface area contributed by atoms with E-state index in [0.717, 1.165) is 6.42 Å². The molecular formula is C31H34. The molecule has 0 heteroatoms. The van der Waals surface area contributed by atoms with Gasteiger partial charge in [-0.2, -0.15) is 0 Å². The molecule has 1 atom stereocenters. The second-order valence-electron chi connectivity index (χ2n) is 7.36. The van der Waals surface area contributed by atoms with E-state index >= 15 is 0 Å². The molecule has 0 saturated heterocycles. The summed E-state index contributed by atoms with van der Waals surface area (Å²) in [6, 6.07) is 42.1. The van der Waals surface area contributed by atoms with Gasteiger partial charge >= 0.3 is 0 Å². The minimum absolute atomic E-state index is 0.166. The van der Waals surface area contributed by atoms with Crippen molar-refractivity contribution in [2.24, 2.45) is 0 Å². The van der Waals surface area contributed by atoms with Gasteiger partial charge in [0.05, 0.1) is 5.41 Å². The molecule has 0 amide bonds. The van der Waals surface area contributed by atoms with Gasteiger partial charge in [-0.1, -0.05) is 143 Å². The Morgan fingerprint density at radius 1 is 0.516 bits per heavy atom. The molecule has 1 unspecified atom stereocenters. The van der Waals surface area contributed by atoms with Crippen LogP contribution in [-0.4, -0.2) is 0 Å². The monoisotopic (exact) mass is 406 g/mol. The molecule has 4 aromatic carbocycles. The Morgan fingerprint density at radius 3 is 1.45 bits per heavy atom. The highest BCUT2D eigenvalue weighted by molar-refractivity contribution is 5.61. The van der Waals surface area contributed by atoms with E-state index in [9.17, 15) is 0 Å². The third-order valence-corrected chi connectivity index (χ3v) is 6.05. The van der Waals surface area contributed by atoms with Crippen molar-refractivity contribution in [1.82, 2.24) is 0 Å². The Labute approximate surface area is 188 Å². The van der Waals surface area contributed by atoms with E-state index in [4.69, 9.17) is 0 Å². The molecule has 0 aromatic heterocycles. The SMILES string of the molecule is CC.CC.c1ccc(C2Cc3ccccc3C2(c2ccccc2)c2ccccc2)cc1. The molecule has 0 spiro atoms. The van der Waals surface area contributed by atoms with E-state index in [2.05, 4.69) is 115 Å².